The standard InChI is InChI=1S/C9H13NO5/c1-3-7(11)10(2)6(9(14)15)4-5-8(12)13/h3,6H,1,4-5H2,2H3,(H,12,13)(H,14,15)/t6-/m0/s1. The van der Waals surface area contributed by atoms with Crippen molar-refractivity contribution in [3.8, 4) is 0 Å². The molecule has 0 rings (SSSR count). The van der Waals surface area contributed by atoms with E-state index in [1.165, 1.54) is 7.05 Å². The van der Waals surface area contributed by atoms with Crippen LogP contribution in [0.25, 0.3) is 0 Å². The van der Waals surface area contributed by atoms with Crippen LogP contribution in [0.1, 0.15) is 12.8 Å². The lowest BCUT2D eigenvalue weighted by Gasteiger charge is -2.22. The van der Waals surface area contributed by atoms with Crippen LogP contribution in [0.5, 0.6) is 0 Å². The van der Waals surface area contributed by atoms with Gasteiger partial charge in [0.1, 0.15) is 6.04 Å². The lowest BCUT2D eigenvalue weighted by molar-refractivity contribution is -0.148. The van der Waals surface area contributed by atoms with Gasteiger partial charge in [-0.15, -0.1) is 0 Å². The van der Waals surface area contributed by atoms with E-state index in [1.54, 1.807) is 0 Å². The van der Waals surface area contributed by atoms with Crippen LogP contribution in [0, 0.1) is 0 Å². The molecule has 84 valence electrons. The van der Waals surface area contributed by atoms with Crippen molar-refractivity contribution in [2.24, 2.45) is 0 Å². The molecule has 0 aliphatic rings. The quantitative estimate of drug-likeness (QED) is 0.605. The Kier molecular flexibility index (Phi) is 5.08. The lowest BCUT2D eigenvalue weighted by atomic mass is 10.1. The minimum Gasteiger partial charge on any atom is -0.481 e. The Labute approximate surface area is 86.8 Å². The van der Waals surface area contributed by atoms with Crippen molar-refractivity contribution in [3.63, 3.8) is 0 Å². The van der Waals surface area contributed by atoms with Gasteiger partial charge >= 0.3 is 11.9 Å². The van der Waals surface area contributed by atoms with E-state index in [4.69, 9.17) is 10.2 Å². The average molecular weight is 215 g/mol. The summed E-state index contributed by atoms with van der Waals surface area (Å²) in [7, 11) is 1.30. The number of hydrogen-bond acceptors (Lipinski definition) is 3. The minimum absolute atomic E-state index is 0.124. The topological polar surface area (TPSA) is 94.9 Å². The summed E-state index contributed by atoms with van der Waals surface area (Å²) in [5.74, 6) is -2.87. The first-order valence-corrected chi connectivity index (χ1v) is 4.24. The SMILES string of the molecule is C=CC(=O)N(C)[C@@H](CCC(=O)O)C(=O)O. The van der Waals surface area contributed by atoms with Crippen molar-refractivity contribution >= 4 is 17.8 Å². The predicted molar refractivity (Wildman–Crippen MR) is 51.3 cm³/mol. The number of hydrogen-bond donors (Lipinski definition) is 2. The van der Waals surface area contributed by atoms with E-state index < -0.39 is 23.9 Å². The van der Waals surface area contributed by atoms with Crippen molar-refractivity contribution in [3.05, 3.63) is 12.7 Å². The highest BCUT2D eigenvalue weighted by Crippen LogP contribution is 2.06. The van der Waals surface area contributed by atoms with Crippen LogP contribution in [0.3, 0.4) is 0 Å². The third-order valence-corrected chi connectivity index (χ3v) is 1.91. The van der Waals surface area contributed by atoms with Gasteiger partial charge in [0, 0.05) is 13.5 Å². The number of carbonyl (C=O) groups excluding carboxylic acids is 1. The Morgan fingerprint density at radius 1 is 1.40 bits per heavy atom. The zero-order chi connectivity index (χ0) is 12.0. The highest BCUT2D eigenvalue weighted by atomic mass is 16.4. The Morgan fingerprint density at radius 3 is 2.27 bits per heavy atom. The number of nitrogens with zero attached hydrogens (tertiary/aromatic N) is 1. The third kappa shape index (κ3) is 4.26. The number of carbonyl (C=O) groups is 3. The molecular weight excluding hydrogens is 202 g/mol. The molecule has 0 heterocycles. The molecule has 6 heteroatoms. The monoisotopic (exact) mass is 215 g/mol. The molecule has 15 heavy (non-hydrogen) atoms. The summed E-state index contributed by atoms with van der Waals surface area (Å²) >= 11 is 0. The molecule has 0 spiro atoms. The summed E-state index contributed by atoms with van der Waals surface area (Å²) in [4.78, 5) is 33.1. The van der Waals surface area contributed by atoms with E-state index in [-0.39, 0.29) is 12.8 Å². The maximum absolute atomic E-state index is 11.1. The van der Waals surface area contributed by atoms with Crippen molar-refractivity contribution in [1.29, 1.82) is 0 Å². The highest BCUT2D eigenvalue weighted by molar-refractivity contribution is 5.90. The summed E-state index contributed by atoms with van der Waals surface area (Å²) in [5.41, 5.74) is 0. The van der Waals surface area contributed by atoms with E-state index in [0.717, 1.165) is 11.0 Å². The highest BCUT2D eigenvalue weighted by Gasteiger charge is 2.25. The molecule has 0 aromatic heterocycles. The van der Waals surface area contributed by atoms with Crippen molar-refractivity contribution in [2.75, 3.05) is 7.05 Å². The van der Waals surface area contributed by atoms with E-state index in [1.807, 2.05) is 0 Å². The Balaban J connectivity index is 4.51. The molecule has 0 saturated carbocycles. The Morgan fingerprint density at radius 2 is 1.93 bits per heavy atom. The van der Waals surface area contributed by atoms with Gasteiger partial charge < -0.3 is 15.1 Å². The van der Waals surface area contributed by atoms with Crippen LogP contribution >= 0.6 is 0 Å². The zero-order valence-electron chi connectivity index (χ0n) is 8.34. The van der Waals surface area contributed by atoms with Crippen LogP contribution in [0.2, 0.25) is 0 Å². The van der Waals surface area contributed by atoms with Gasteiger partial charge in [-0.25, -0.2) is 4.79 Å². The molecule has 0 radical (unpaired) electrons. The van der Waals surface area contributed by atoms with Crippen molar-refractivity contribution in [1.82, 2.24) is 4.90 Å². The first-order valence-electron chi connectivity index (χ1n) is 4.24. The fourth-order valence-electron chi connectivity index (χ4n) is 1.04. The number of rotatable bonds is 6. The summed E-state index contributed by atoms with van der Waals surface area (Å²) < 4.78 is 0. The van der Waals surface area contributed by atoms with Crippen LogP contribution < -0.4 is 0 Å². The molecule has 0 fully saturated rings. The number of likely N-dealkylation sites (N-methyl/N-ethyl adjacent to an activating group) is 1. The lowest BCUT2D eigenvalue weighted by Crippen LogP contribution is -2.41. The number of aliphatic carboxylic acids is 2. The number of carboxylic acids is 2. The molecule has 0 unspecified atom stereocenters. The molecule has 1 amide bonds. The predicted octanol–water partition coefficient (Wildman–Crippen LogP) is -0.0512. The normalized spacial score (nSPS) is 11.5. The molecule has 0 saturated heterocycles. The Bertz CT molecular complexity index is 286. The second kappa shape index (κ2) is 5.79. The van der Waals surface area contributed by atoms with Crippen LogP contribution in [-0.4, -0.2) is 46.0 Å². The Hall–Kier alpha value is -1.85. The molecule has 0 aromatic carbocycles. The summed E-state index contributed by atoms with van der Waals surface area (Å²) in [6.07, 6.45) is 0.559. The van der Waals surface area contributed by atoms with Gasteiger partial charge in [0.15, 0.2) is 0 Å². The van der Waals surface area contributed by atoms with E-state index in [2.05, 4.69) is 6.58 Å². The van der Waals surface area contributed by atoms with Crippen LogP contribution in [0.4, 0.5) is 0 Å². The molecule has 0 bridgehead atoms. The van der Waals surface area contributed by atoms with Crippen molar-refractivity contribution in [2.45, 2.75) is 18.9 Å². The summed E-state index contributed by atoms with van der Waals surface area (Å²) in [5, 5.41) is 17.2. The first kappa shape index (κ1) is 13.2. The minimum atomic E-state index is -1.23. The van der Waals surface area contributed by atoms with Gasteiger partial charge in [-0.05, 0) is 12.5 Å². The van der Waals surface area contributed by atoms with Gasteiger partial charge in [-0.2, -0.15) is 0 Å². The van der Waals surface area contributed by atoms with Gasteiger partial charge in [0.05, 0.1) is 0 Å². The molecular formula is C9H13NO5. The summed E-state index contributed by atoms with van der Waals surface area (Å²) in [6, 6.07) is -1.13. The largest absolute Gasteiger partial charge is 0.481 e. The number of carboxylic acid groups (broad SMARTS) is 2. The van der Waals surface area contributed by atoms with Crippen molar-refractivity contribution < 1.29 is 24.6 Å². The first-order chi connectivity index (χ1) is 6.90. The molecule has 0 aromatic rings. The second-order valence-electron chi connectivity index (χ2n) is 2.94. The maximum Gasteiger partial charge on any atom is 0.326 e. The van der Waals surface area contributed by atoms with Crippen LogP contribution in [0.15, 0.2) is 12.7 Å². The average Bonchev–Trinajstić information content (AvgIpc) is 2.15. The van der Waals surface area contributed by atoms with Gasteiger partial charge in [0.25, 0.3) is 0 Å². The third-order valence-electron chi connectivity index (χ3n) is 1.91. The van der Waals surface area contributed by atoms with E-state index in [9.17, 15) is 14.4 Å². The van der Waals surface area contributed by atoms with E-state index in [0.29, 0.717) is 0 Å². The molecule has 2 N–H and O–H groups in total. The van der Waals surface area contributed by atoms with Crippen LogP contribution in [-0.2, 0) is 14.4 Å². The molecule has 6 nitrogen and oxygen atoms in total. The van der Waals surface area contributed by atoms with E-state index >= 15 is 0 Å². The zero-order valence-corrected chi connectivity index (χ0v) is 8.34. The molecule has 1 atom stereocenters. The summed E-state index contributed by atoms with van der Waals surface area (Å²) in [6.45, 7) is 3.22. The fraction of sp³-hybridized carbons (Fsp3) is 0.444. The van der Waals surface area contributed by atoms with Gasteiger partial charge in [0.2, 0.25) is 5.91 Å². The molecule has 0 aliphatic heterocycles. The van der Waals surface area contributed by atoms with Gasteiger partial charge in [-0.1, -0.05) is 6.58 Å². The number of amides is 1. The second-order valence-corrected chi connectivity index (χ2v) is 2.94. The maximum atomic E-state index is 11.1. The molecule has 0 aliphatic carbocycles. The van der Waals surface area contributed by atoms with Gasteiger partial charge in [-0.3, -0.25) is 9.59 Å². The smallest absolute Gasteiger partial charge is 0.326 e. The fourth-order valence-corrected chi connectivity index (χ4v) is 1.04.